The number of thioether (sulfide) groups is 1. The quantitative estimate of drug-likeness (QED) is 0.482. The minimum Gasteiger partial charge on any atom is -0.493 e. The highest BCUT2D eigenvalue weighted by Gasteiger charge is 2.36. The third-order valence-corrected chi connectivity index (χ3v) is 7.00. The van der Waals surface area contributed by atoms with Crippen molar-refractivity contribution in [3.05, 3.63) is 52.9 Å². The van der Waals surface area contributed by atoms with Gasteiger partial charge in [-0.1, -0.05) is 13.0 Å². The first-order valence-electron chi connectivity index (χ1n) is 12.2. The highest BCUT2D eigenvalue weighted by Crippen LogP contribution is 2.35. The average Bonchev–Trinajstić information content (AvgIpc) is 3.17. The lowest BCUT2D eigenvalue weighted by atomic mass is 10.1. The Morgan fingerprint density at radius 3 is 2.54 bits per heavy atom. The zero-order valence-electron chi connectivity index (χ0n) is 21.2. The number of nitrogens with zero attached hydrogens (tertiary/aromatic N) is 2. The molecule has 2 heterocycles. The van der Waals surface area contributed by atoms with Crippen LogP contribution in [0.2, 0.25) is 0 Å². The average molecular weight is 526 g/mol. The maximum atomic E-state index is 12.9. The van der Waals surface area contributed by atoms with Crippen LogP contribution in [0.1, 0.15) is 25.8 Å². The fourth-order valence-electron chi connectivity index (χ4n) is 3.88. The highest BCUT2D eigenvalue weighted by atomic mass is 32.2. The number of morpholine rings is 1. The highest BCUT2D eigenvalue weighted by molar-refractivity contribution is 8.18. The minimum absolute atomic E-state index is 0.0325. The van der Waals surface area contributed by atoms with E-state index in [9.17, 15) is 14.4 Å². The number of hydrogen-bond donors (Lipinski definition) is 1. The molecule has 9 nitrogen and oxygen atoms in total. The standard InChI is InChI=1S/C27H31N3O6S/c1-4-18(2)36-22-10-5-19(15-23(22)34-3)16-24-26(32)30(27(33)37-24)17-25(31)28-20-6-8-21(9-7-20)29-11-13-35-14-12-29/h5-10,15-16,18H,4,11-14,17H2,1-3H3,(H,28,31)/b24-16-/t18-/m1/s1. The minimum atomic E-state index is -0.508. The van der Waals surface area contributed by atoms with Gasteiger partial charge in [-0.2, -0.15) is 0 Å². The molecule has 2 fully saturated rings. The number of anilines is 2. The van der Waals surface area contributed by atoms with Crippen molar-refractivity contribution in [3.63, 3.8) is 0 Å². The Morgan fingerprint density at radius 2 is 1.86 bits per heavy atom. The number of nitrogens with one attached hydrogen (secondary N) is 1. The Bertz CT molecular complexity index is 1180. The number of amides is 3. The molecule has 2 saturated heterocycles. The fraction of sp³-hybridized carbons (Fsp3) is 0.370. The molecule has 1 atom stereocenters. The molecule has 3 amide bonds. The molecule has 0 bridgehead atoms. The van der Waals surface area contributed by atoms with Crippen LogP contribution in [0.3, 0.4) is 0 Å². The summed E-state index contributed by atoms with van der Waals surface area (Å²) in [5.74, 6) is 0.187. The maximum Gasteiger partial charge on any atom is 0.294 e. The van der Waals surface area contributed by atoms with Gasteiger partial charge in [-0.15, -0.1) is 0 Å². The Balaban J connectivity index is 1.38. The summed E-state index contributed by atoms with van der Waals surface area (Å²) >= 11 is 0.805. The molecular formula is C27H31N3O6S. The second-order valence-corrected chi connectivity index (χ2v) is 9.70. The first-order valence-corrected chi connectivity index (χ1v) is 13.0. The van der Waals surface area contributed by atoms with E-state index in [4.69, 9.17) is 14.2 Å². The van der Waals surface area contributed by atoms with Crippen LogP contribution in [0.5, 0.6) is 11.5 Å². The topological polar surface area (TPSA) is 97.4 Å². The molecule has 0 aliphatic carbocycles. The van der Waals surface area contributed by atoms with Gasteiger partial charge in [0.1, 0.15) is 6.54 Å². The van der Waals surface area contributed by atoms with Gasteiger partial charge >= 0.3 is 0 Å². The molecule has 2 aromatic rings. The molecule has 4 rings (SSSR count). The summed E-state index contributed by atoms with van der Waals surface area (Å²) in [4.78, 5) is 41.4. The molecule has 37 heavy (non-hydrogen) atoms. The molecule has 0 saturated carbocycles. The van der Waals surface area contributed by atoms with Crippen LogP contribution in [0, 0.1) is 0 Å². The van der Waals surface area contributed by atoms with E-state index in [-0.39, 0.29) is 17.6 Å². The van der Waals surface area contributed by atoms with Gasteiger partial charge in [-0.05, 0) is 73.1 Å². The van der Waals surface area contributed by atoms with Crippen molar-refractivity contribution in [1.82, 2.24) is 4.90 Å². The fourth-order valence-corrected chi connectivity index (χ4v) is 4.72. The Labute approximate surface area is 220 Å². The van der Waals surface area contributed by atoms with Crippen LogP contribution in [0.25, 0.3) is 6.08 Å². The summed E-state index contributed by atoms with van der Waals surface area (Å²) in [7, 11) is 1.55. The number of carbonyl (C=O) groups is 3. The number of ether oxygens (including phenoxy) is 3. The summed E-state index contributed by atoms with van der Waals surface area (Å²) < 4.78 is 16.7. The summed E-state index contributed by atoms with van der Waals surface area (Å²) in [6.07, 6.45) is 2.50. The summed E-state index contributed by atoms with van der Waals surface area (Å²) in [6.45, 7) is 6.66. The Morgan fingerprint density at radius 1 is 1.14 bits per heavy atom. The molecule has 2 aliphatic heterocycles. The lowest BCUT2D eigenvalue weighted by molar-refractivity contribution is -0.127. The number of carbonyl (C=O) groups excluding carboxylic acids is 3. The van der Waals surface area contributed by atoms with Crippen molar-refractivity contribution >= 4 is 46.3 Å². The van der Waals surface area contributed by atoms with Gasteiger partial charge in [0.25, 0.3) is 11.1 Å². The van der Waals surface area contributed by atoms with E-state index in [1.54, 1.807) is 43.5 Å². The molecule has 0 aromatic heterocycles. The summed E-state index contributed by atoms with van der Waals surface area (Å²) in [5, 5.41) is 2.27. The van der Waals surface area contributed by atoms with Crippen LogP contribution >= 0.6 is 11.8 Å². The molecule has 10 heteroatoms. The van der Waals surface area contributed by atoms with Gasteiger partial charge in [-0.25, -0.2) is 0 Å². The van der Waals surface area contributed by atoms with E-state index >= 15 is 0 Å². The van der Waals surface area contributed by atoms with Crippen LogP contribution in [-0.2, 0) is 14.3 Å². The Hall–Kier alpha value is -3.50. The van der Waals surface area contributed by atoms with Crippen LogP contribution < -0.4 is 19.7 Å². The van der Waals surface area contributed by atoms with E-state index in [1.807, 2.05) is 26.0 Å². The van der Waals surface area contributed by atoms with E-state index in [2.05, 4.69) is 10.2 Å². The lowest BCUT2D eigenvalue weighted by Crippen LogP contribution is -2.36. The molecule has 0 radical (unpaired) electrons. The second-order valence-electron chi connectivity index (χ2n) is 8.71. The molecule has 0 unspecified atom stereocenters. The van der Waals surface area contributed by atoms with Crippen molar-refractivity contribution in [2.24, 2.45) is 0 Å². The van der Waals surface area contributed by atoms with Crippen molar-refractivity contribution in [2.45, 2.75) is 26.4 Å². The maximum absolute atomic E-state index is 12.9. The van der Waals surface area contributed by atoms with E-state index < -0.39 is 17.1 Å². The Kier molecular flexibility index (Phi) is 8.73. The number of imide groups is 1. The monoisotopic (exact) mass is 525 g/mol. The van der Waals surface area contributed by atoms with Crippen LogP contribution in [0.4, 0.5) is 16.2 Å². The normalized spacial score (nSPS) is 17.8. The number of rotatable bonds is 9. The van der Waals surface area contributed by atoms with E-state index in [1.165, 1.54) is 0 Å². The van der Waals surface area contributed by atoms with Crippen molar-refractivity contribution < 1.29 is 28.6 Å². The first-order chi connectivity index (χ1) is 17.9. The van der Waals surface area contributed by atoms with Gasteiger partial charge in [-0.3, -0.25) is 19.3 Å². The van der Waals surface area contributed by atoms with Crippen molar-refractivity contribution in [2.75, 3.05) is 50.2 Å². The molecule has 1 N–H and O–H groups in total. The molecular weight excluding hydrogens is 494 g/mol. The summed E-state index contributed by atoms with van der Waals surface area (Å²) in [5.41, 5.74) is 2.33. The first kappa shape index (κ1) is 26.6. The molecule has 2 aromatic carbocycles. The second kappa shape index (κ2) is 12.2. The van der Waals surface area contributed by atoms with Crippen molar-refractivity contribution in [1.29, 1.82) is 0 Å². The summed E-state index contributed by atoms with van der Waals surface area (Å²) in [6, 6.07) is 12.8. The van der Waals surface area contributed by atoms with Gasteiger partial charge in [0, 0.05) is 24.5 Å². The third kappa shape index (κ3) is 6.64. The SMILES string of the molecule is CC[C@@H](C)Oc1ccc(/C=C2\SC(=O)N(CC(=O)Nc3ccc(N4CCOCC4)cc3)C2=O)cc1OC. The molecule has 2 aliphatic rings. The zero-order chi connectivity index (χ0) is 26.4. The zero-order valence-corrected chi connectivity index (χ0v) is 22.0. The van der Waals surface area contributed by atoms with Gasteiger partial charge in [0.15, 0.2) is 11.5 Å². The number of methoxy groups -OCH3 is 1. The third-order valence-electron chi connectivity index (χ3n) is 6.09. The predicted octanol–water partition coefficient (Wildman–Crippen LogP) is 4.38. The van der Waals surface area contributed by atoms with Crippen LogP contribution in [0.15, 0.2) is 47.4 Å². The van der Waals surface area contributed by atoms with Crippen molar-refractivity contribution in [3.8, 4) is 11.5 Å². The molecule has 196 valence electrons. The molecule has 0 spiro atoms. The lowest BCUT2D eigenvalue weighted by Gasteiger charge is -2.28. The van der Waals surface area contributed by atoms with Gasteiger partial charge < -0.3 is 24.4 Å². The largest absolute Gasteiger partial charge is 0.493 e. The number of hydrogen-bond acceptors (Lipinski definition) is 8. The van der Waals surface area contributed by atoms with Crippen LogP contribution in [-0.4, -0.2) is 68.0 Å². The number of benzene rings is 2. The van der Waals surface area contributed by atoms with E-state index in [0.29, 0.717) is 36.0 Å². The smallest absolute Gasteiger partial charge is 0.294 e. The van der Waals surface area contributed by atoms with Gasteiger partial charge in [0.2, 0.25) is 5.91 Å². The predicted molar refractivity (Wildman–Crippen MR) is 144 cm³/mol. The van der Waals surface area contributed by atoms with Gasteiger partial charge in [0.05, 0.1) is 31.3 Å². The van der Waals surface area contributed by atoms with E-state index in [0.717, 1.165) is 41.9 Å².